The Kier molecular flexibility index (Phi) is 7.14. The number of aliphatic imine (C=N–C) groups is 1. The van der Waals surface area contributed by atoms with Crippen LogP contribution in [0.15, 0.2) is 29.3 Å². The van der Waals surface area contributed by atoms with Gasteiger partial charge in [-0.3, -0.25) is 4.79 Å². The standard InChI is InChI=1S/C17H24N4O2.HI/c18-17(20-12-5-1-2-6-12)19-11-16(22)21-14-9-10-23-15-8-4-3-7-13(14)15;/h3-4,7-8,12,14H,1-2,5-6,9-11H2,(H,21,22)(H3,18,19,20);1H. The minimum absolute atomic E-state index is 0. The summed E-state index contributed by atoms with van der Waals surface area (Å²) in [5.41, 5.74) is 6.87. The third kappa shape index (κ3) is 4.99. The topological polar surface area (TPSA) is 88.7 Å². The van der Waals surface area contributed by atoms with Gasteiger partial charge in [-0.05, 0) is 18.9 Å². The molecule has 0 saturated heterocycles. The molecule has 1 saturated carbocycles. The Hall–Kier alpha value is -1.51. The van der Waals surface area contributed by atoms with Gasteiger partial charge in [0.05, 0.1) is 12.6 Å². The van der Waals surface area contributed by atoms with Crippen LogP contribution >= 0.6 is 24.0 Å². The van der Waals surface area contributed by atoms with Crippen LogP contribution in [0.1, 0.15) is 43.7 Å². The molecule has 0 aromatic heterocycles. The van der Waals surface area contributed by atoms with Gasteiger partial charge >= 0.3 is 0 Å². The normalized spacial score (nSPS) is 20.5. The van der Waals surface area contributed by atoms with Gasteiger partial charge in [0.15, 0.2) is 5.96 Å². The van der Waals surface area contributed by atoms with Crippen LogP contribution in [0.5, 0.6) is 5.75 Å². The highest BCUT2D eigenvalue weighted by atomic mass is 127. The molecule has 0 bridgehead atoms. The van der Waals surface area contributed by atoms with Crippen LogP contribution in [-0.2, 0) is 4.79 Å². The molecule has 1 amide bonds. The van der Waals surface area contributed by atoms with Crippen molar-refractivity contribution in [2.24, 2.45) is 10.7 Å². The Morgan fingerprint density at radius 1 is 1.21 bits per heavy atom. The number of hydrogen-bond donors (Lipinski definition) is 3. The molecule has 6 nitrogen and oxygen atoms in total. The van der Waals surface area contributed by atoms with Gasteiger partial charge in [-0.25, -0.2) is 4.99 Å². The number of benzene rings is 1. The summed E-state index contributed by atoms with van der Waals surface area (Å²) in [5, 5.41) is 6.20. The van der Waals surface area contributed by atoms with E-state index in [4.69, 9.17) is 10.5 Å². The van der Waals surface area contributed by atoms with E-state index in [0.29, 0.717) is 18.6 Å². The fraction of sp³-hybridized carbons (Fsp3) is 0.529. The predicted octanol–water partition coefficient (Wildman–Crippen LogP) is 2.09. The van der Waals surface area contributed by atoms with Gasteiger partial charge in [-0.2, -0.15) is 0 Å². The number of nitrogens with zero attached hydrogens (tertiary/aromatic N) is 1. The Labute approximate surface area is 159 Å². The van der Waals surface area contributed by atoms with E-state index in [1.54, 1.807) is 0 Å². The maximum atomic E-state index is 12.1. The van der Waals surface area contributed by atoms with Gasteiger partial charge in [-0.1, -0.05) is 31.0 Å². The Balaban J connectivity index is 0.00000208. The van der Waals surface area contributed by atoms with E-state index in [9.17, 15) is 4.79 Å². The van der Waals surface area contributed by atoms with E-state index >= 15 is 0 Å². The molecule has 0 spiro atoms. The average molecular weight is 444 g/mol. The van der Waals surface area contributed by atoms with Crippen molar-refractivity contribution in [3.05, 3.63) is 29.8 Å². The molecule has 1 aliphatic carbocycles. The van der Waals surface area contributed by atoms with Crippen molar-refractivity contribution in [3.63, 3.8) is 0 Å². The van der Waals surface area contributed by atoms with Gasteiger partial charge in [-0.15, -0.1) is 24.0 Å². The number of hydrogen-bond acceptors (Lipinski definition) is 3. The van der Waals surface area contributed by atoms with Gasteiger partial charge in [0.2, 0.25) is 5.91 Å². The van der Waals surface area contributed by atoms with Crippen molar-refractivity contribution in [3.8, 4) is 5.75 Å². The number of halogens is 1. The zero-order valence-electron chi connectivity index (χ0n) is 13.7. The molecule has 0 radical (unpaired) electrons. The van der Waals surface area contributed by atoms with Crippen LogP contribution in [0.3, 0.4) is 0 Å². The number of guanidine groups is 1. The zero-order chi connectivity index (χ0) is 16.1. The van der Waals surface area contributed by atoms with Crippen molar-refractivity contribution in [1.82, 2.24) is 10.6 Å². The summed E-state index contributed by atoms with van der Waals surface area (Å²) < 4.78 is 5.60. The molecule has 1 fully saturated rings. The van der Waals surface area contributed by atoms with E-state index in [2.05, 4.69) is 15.6 Å². The number of carbonyl (C=O) groups excluding carboxylic acids is 1. The number of amides is 1. The molecule has 1 aromatic rings. The lowest BCUT2D eigenvalue weighted by molar-refractivity contribution is -0.120. The largest absolute Gasteiger partial charge is 0.493 e. The van der Waals surface area contributed by atoms with Crippen LogP contribution in [0.4, 0.5) is 0 Å². The first kappa shape index (κ1) is 18.8. The fourth-order valence-electron chi connectivity index (χ4n) is 3.21. The van der Waals surface area contributed by atoms with E-state index in [1.165, 1.54) is 12.8 Å². The number of nitrogens with one attached hydrogen (secondary N) is 2. The monoisotopic (exact) mass is 444 g/mol. The summed E-state index contributed by atoms with van der Waals surface area (Å²) in [4.78, 5) is 16.3. The highest BCUT2D eigenvalue weighted by molar-refractivity contribution is 14.0. The van der Waals surface area contributed by atoms with E-state index in [-0.39, 0.29) is 42.5 Å². The fourth-order valence-corrected chi connectivity index (χ4v) is 3.21. The molecule has 24 heavy (non-hydrogen) atoms. The second-order valence-electron chi connectivity index (χ2n) is 6.12. The quantitative estimate of drug-likeness (QED) is 0.377. The van der Waals surface area contributed by atoms with Crippen molar-refractivity contribution in [1.29, 1.82) is 0 Å². The molecule has 132 valence electrons. The van der Waals surface area contributed by atoms with Gasteiger partial charge in [0.1, 0.15) is 12.3 Å². The summed E-state index contributed by atoms with van der Waals surface area (Å²) in [5.74, 6) is 1.08. The highest BCUT2D eigenvalue weighted by Gasteiger charge is 2.22. The summed E-state index contributed by atoms with van der Waals surface area (Å²) in [7, 11) is 0. The zero-order valence-corrected chi connectivity index (χ0v) is 16.0. The summed E-state index contributed by atoms with van der Waals surface area (Å²) in [6, 6.07) is 8.18. The molecule has 1 atom stereocenters. The summed E-state index contributed by atoms with van der Waals surface area (Å²) in [6.45, 7) is 0.654. The van der Waals surface area contributed by atoms with Crippen molar-refractivity contribution in [2.45, 2.75) is 44.2 Å². The first-order valence-corrected chi connectivity index (χ1v) is 8.30. The Morgan fingerprint density at radius 2 is 1.96 bits per heavy atom. The SMILES string of the molecule is I.NC(=NCC(=O)NC1CCOc2ccccc21)NC1CCCC1. The lowest BCUT2D eigenvalue weighted by atomic mass is 10.0. The van der Waals surface area contributed by atoms with E-state index < -0.39 is 0 Å². The maximum absolute atomic E-state index is 12.1. The van der Waals surface area contributed by atoms with Crippen LogP contribution in [0.25, 0.3) is 0 Å². The number of ether oxygens (including phenoxy) is 1. The van der Waals surface area contributed by atoms with Gasteiger partial charge in [0, 0.05) is 18.0 Å². The lowest BCUT2D eigenvalue weighted by Crippen LogP contribution is -2.40. The number of rotatable bonds is 4. The summed E-state index contributed by atoms with van der Waals surface area (Å²) in [6.07, 6.45) is 5.48. The molecule has 1 aliphatic heterocycles. The predicted molar refractivity (Wildman–Crippen MR) is 105 cm³/mol. The molecule has 1 heterocycles. The van der Waals surface area contributed by atoms with E-state index in [0.717, 1.165) is 30.6 Å². The second-order valence-corrected chi connectivity index (χ2v) is 6.12. The lowest BCUT2D eigenvalue weighted by Gasteiger charge is -2.26. The number of carbonyl (C=O) groups is 1. The van der Waals surface area contributed by atoms with Crippen molar-refractivity contribution < 1.29 is 9.53 Å². The molecule has 4 N–H and O–H groups in total. The molecule has 1 unspecified atom stereocenters. The number of nitrogens with two attached hydrogens (primary N) is 1. The smallest absolute Gasteiger partial charge is 0.242 e. The highest BCUT2D eigenvalue weighted by Crippen LogP contribution is 2.31. The second kappa shape index (κ2) is 9.10. The summed E-state index contributed by atoms with van der Waals surface area (Å²) >= 11 is 0. The Bertz CT molecular complexity index is 588. The maximum Gasteiger partial charge on any atom is 0.242 e. The minimum atomic E-state index is -0.122. The molecular formula is C17H25IN4O2. The Morgan fingerprint density at radius 3 is 2.75 bits per heavy atom. The first-order chi connectivity index (χ1) is 11.2. The van der Waals surface area contributed by atoms with Crippen molar-refractivity contribution in [2.75, 3.05) is 13.2 Å². The number of fused-ring (bicyclic) bond motifs is 1. The van der Waals surface area contributed by atoms with E-state index in [1.807, 2.05) is 24.3 Å². The molecule has 3 rings (SSSR count). The molecule has 7 heteroatoms. The third-order valence-electron chi connectivity index (χ3n) is 4.39. The van der Waals surface area contributed by atoms with Gasteiger partial charge in [0.25, 0.3) is 0 Å². The van der Waals surface area contributed by atoms with Crippen LogP contribution in [-0.4, -0.2) is 31.1 Å². The van der Waals surface area contributed by atoms with Gasteiger partial charge < -0.3 is 21.1 Å². The average Bonchev–Trinajstić information content (AvgIpc) is 3.06. The van der Waals surface area contributed by atoms with Crippen molar-refractivity contribution >= 4 is 35.8 Å². The first-order valence-electron chi connectivity index (χ1n) is 8.30. The minimum Gasteiger partial charge on any atom is -0.493 e. The molecule has 2 aliphatic rings. The number of para-hydroxylation sites is 1. The molecular weight excluding hydrogens is 419 g/mol. The van der Waals surface area contributed by atoms with Crippen LogP contribution in [0, 0.1) is 0 Å². The van der Waals surface area contributed by atoms with Crippen LogP contribution < -0.4 is 21.1 Å². The molecule has 1 aromatic carbocycles. The third-order valence-corrected chi connectivity index (χ3v) is 4.39. The van der Waals surface area contributed by atoms with Crippen LogP contribution in [0.2, 0.25) is 0 Å².